The second-order valence-corrected chi connectivity index (χ2v) is 23.1. The van der Waals surface area contributed by atoms with Gasteiger partial charge in [-0.3, -0.25) is 0 Å². The molecule has 6 aromatic rings. The first kappa shape index (κ1) is 34.3. The summed E-state index contributed by atoms with van der Waals surface area (Å²) in [5.41, 5.74) is 18.2. The van der Waals surface area contributed by atoms with E-state index in [1.54, 1.807) is 0 Å². The summed E-state index contributed by atoms with van der Waals surface area (Å²) in [4.78, 5) is 5.12. The lowest BCUT2D eigenvalue weighted by Gasteiger charge is -2.45. The summed E-state index contributed by atoms with van der Waals surface area (Å²) in [5.74, 6) is 0. The van der Waals surface area contributed by atoms with Crippen LogP contribution in [0.2, 0.25) is 19.6 Å². The summed E-state index contributed by atoms with van der Waals surface area (Å²) in [7, 11) is -1.64. The average Bonchev–Trinajstić information content (AvgIpc) is 3.10. The third-order valence-electron chi connectivity index (χ3n) is 11.2. The molecule has 2 aliphatic heterocycles. The van der Waals surface area contributed by atoms with Crippen LogP contribution in [0.4, 0.5) is 34.1 Å². The van der Waals surface area contributed by atoms with Crippen molar-refractivity contribution >= 4 is 70.5 Å². The molecule has 4 heteroatoms. The lowest BCUT2D eigenvalue weighted by molar-refractivity contribution is 0.590. The van der Waals surface area contributed by atoms with Crippen LogP contribution in [0.3, 0.4) is 0 Å². The minimum Gasteiger partial charge on any atom is -0.311 e. The summed E-state index contributed by atoms with van der Waals surface area (Å²) in [5, 5.41) is 1.49. The maximum absolute atomic E-state index is 2.58. The minimum atomic E-state index is -1.64. The number of aryl methyl sites for hydroxylation is 1. The molecule has 0 fully saturated rings. The molecule has 0 saturated carbocycles. The fourth-order valence-corrected chi connectivity index (χ4v) is 9.43. The van der Waals surface area contributed by atoms with E-state index in [0.717, 1.165) is 0 Å². The van der Waals surface area contributed by atoms with Crippen molar-refractivity contribution in [3.63, 3.8) is 0 Å². The van der Waals surface area contributed by atoms with Gasteiger partial charge in [-0.2, -0.15) is 0 Å². The molecule has 0 bridgehead atoms. The number of benzene rings is 6. The Bertz CT molecular complexity index is 2320. The van der Waals surface area contributed by atoms with Crippen LogP contribution in [-0.2, 0) is 10.8 Å². The van der Waals surface area contributed by atoms with Gasteiger partial charge >= 0.3 is 0 Å². The Kier molecular flexibility index (Phi) is 8.00. The van der Waals surface area contributed by atoms with E-state index < -0.39 is 8.07 Å². The monoisotopic (exact) mass is 694 g/mol. The summed E-state index contributed by atoms with van der Waals surface area (Å²) in [6, 6.07) is 48.7. The van der Waals surface area contributed by atoms with Crippen molar-refractivity contribution in [2.75, 3.05) is 9.80 Å². The second kappa shape index (κ2) is 12.1. The lowest BCUT2D eigenvalue weighted by Crippen LogP contribution is -2.62. The van der Waals surface area contributed by atoms with E-state index in [2.05, 4.69) is 205 Å². The van der Waals surface area contributed by atoms with Crippen LogP contribution in [0.1, 0.15) is 58.2 Å². The summed E-state index contributed by atoms with van der Waals surface area (Å²) in [6.07, 6.45) is 0. The van der Waals surface area contributed by atoms with E-state index in [0.29, 0.717) is 0 Å². The first-order valence-corrected chi connectivity index (χ1v) is 22.4. The summed E-state index contributed by atoms with van der Waals surface area (Å²) >= 11 is 0. The van der Waals surface area contributed by atoms with Gasteiger partial charge in [-0.05, 0) is 98.9 Å². The molecule has 0 N–H and O–H groups in total. The van der Waals surface area contributed by atoms with Gasteiger partial charge in [-0.15, -0.1) is 0 Å². The molecule has 0 spiro atoms. The molecule has 2 nitrogen and oxygen atoms in total. The standard InChI is InChI=1S/C48H51BN2Si/c1-32-28-44-46-45(29-32)51(41-19-15-14-18-38(41)33-16-12-11-13-17-33)43-27-25-37(52(8,9)10)31-40(43)49(46)39-30-35(48(5,6)7)22-26-42(39)50(44)36-23-20-34(21-24-36)47(2,3)4/h11-31H,1-10H3. The molecule has 0 aliphatic carbocycles. The predicted molar refractivity (Wildman–Crippen MR) is 231 cm³/mol. The predicted octanol–water partition coefficient (Wildman–Crippen LogP) is 10.9. The highest BCUT2D eigenvalue weighted by Gasteiger charge is 2.44. The Morgan fingerprint density at radius 2 is 1.06 bits per heavy atom. The van der Waals surface area contributed by atoms with E-state index in [9.17, 15) is 0 Å². The SMILES string of the molecule is Cc1cc2c3c(c1)N(c1ccccc1-c1ccccc1)c1ccc([Si](C)(C)C)cc1B3c1cc(C(C)(C)C)ccc1N2c1ccc(C(C)(C)C)cc1. The van der Waals surface area contributed by atoms with Crippen LogP contribution < -0.4 is 31.4 Å². The van der Waals surface area contributed by atoms with Gasteiger partial charge in [0.25, 0.3) is 6.71 Å². The van der Waals surface area contributed by atoms with Gasteiger partial charge in [-0.25, -0.2) is 0 Å². The van der Waals surface area contributed by atoms with Gasteiger partial charge in [-0.1, -0.05) is 151 Å². The Labute approximate surface area is 313 Å². The number of para-hydroxylation sites is 1. The van der Waals surface area contributed by atoms with Crippen LogP contribution in [0.5, 0.6) is 0 Å². The first-order chi connectivity index (χ1) is 24.6. The number of nitrogens with zero attached hydrogens (tertiary/aromatic N) is 2. The zero-order chi connectivity index (χ0) is 36.7. The van der Waals surface area contributed by atoms with Crippen molar-refractivity contribution in [3.8, 4) is 11.1 Å². The number of anilines is 6. The quantitative estimate of drug-likeness (QED) is 0.169. The molecule has 0 saturated heterocycles. The third-order valence-corrected chi connectivity index (χ3v) is 13.2. The molecule has 2 heterocycles. The summed E-state index contributed by atoms with van der Waals surface area (Å²) in [6.45, 7) is 23.7. The van der Waals surface area contributed by atoms with E-state index in [1.165, 1.54) is 83.5 Å². The molecule has 0 atom stereocenters. The molecule has 52 heavy (non-hydrogen) atoms. The molecular weight excluding hydrogens is 643 g/mol. The number of rotatable bonds is 4. The Morgan fingerprint density at radius 3 is 1.71 bits per heavy atom. The van der Waals surface area contributed by atoms with Crippen molar-refractivity contribution in [2.24, 2.45) is 0 Å². The van der Waals surface area contributed by atoms with E-state index >= 15 is 0 Å². The van der Waals surface area contributed by atoms with Crippen LogP contribution >= 0.6 is 0 Å². The minimum absolute atomic E-state index is 0.0168. The molecule has 0 radical (unpaired) electrons. The van der Waals surface area contributed by atoms with E-state index in [4.69, 9.17) is 0 Å². The maximum atomic E-state index is 2.58. The molecule has 0 aromatic heterocycles. The molecule has 2 aliphatic rings. The zero-order valence-electron chi connectivity index (χ0n) is 32.6. The van der Waals surface area contributed by atoms with Crippen molar-refractivity contribution in [3.05, 3.63) is 144 Å². The largest absolute Gasteiger partial charge is 0.311 e. The number of hydrogen-bond acceptors (Lipinski definition) is 2. The molecule has 260 valence electrons. The maximum Gasteiger partial charge on any atom is 0.252 e. The van der Waals surface area contributed by atoms with Crippen molar-refractivity contribution in [2.45, 2.75) is 78.9 Å². The van der Waals surface area contributed by atoms with Crippen LogP contribution in [-0.4, -0.2) is 14.8 Å². The van der Waals surface area contributed by atoms with Gasteiger partial charge < -0.3 is 9.80 Å². The van der Waals surface area contributed by atoms with Gasteiger partial charge in [0.1, 0.15) is 0 Å². The molecule has 0 amide bonds. The highest BCUT2D eigenvalue weighted by Crippen LogP contribution is 2.47. The fraction of sp³-hybridized carbons (Fsp3) is 0.250. The molecule has 6 aromatic carbocycles. The smallest absolute Gasteiger partial charge is 0.252 e. The number of hydrogen-bond donors (Lipinski definition) is 0. The highest BCUT2D eigenvalue weighted by atomic mass is 28.3. The van der Waals surface area contributed by atoms with Gasteiger partial charge in [0.05, 0.1) is 13.8 Å². The Balaban J connectivity index is 1.48. The number of fused-ring (bicyclic) bond motifs is 4. The zero-order valence-corrected chi connectivity index (χ0v) is 33.6. The summed E-state index contributed by atoms with van der Waals surface area (Å²) < 4.78 is 0. The van der Waals surface area contributed by atoms with Crippen LogP contribution in [0.15, 0.2) is 127 Å². The average molecular weight is 695 g/mol. The van der Waals surface area contributed by atoms with Gasteiger partial charge in [0.2, 0.25) is 0 Å². The fourth-order valence-electron chi connectivity index (χ4n) is 8.25. The van der Waals surface area contributed by atoms with E-state index in [-0.39, 0.29) is 17.5 Å². The Morgan fingerprint density at radius 1 is 0.500 bits per heavy atom. The van der Waals surface area contributed by atoms with E-state index in [1.807, 2.05) is 0 Å². The van der Waals surface area contributed by atoms with Crippen molar-refractivity contribution in [1.29, 1.82) is 0 Å². The topological polar surface area (TPSA) is 6.48 Å². The van der Waals surface area contributed by atoms with Crippen molar-refractivity contribution < 1.29 is 0 Å². The van der Waals surface area contributed by atoms with Crippen LogP contribution in [0, 0.1) is 6.92 Å². The second-order valence-electron chi connectivity index (χ2n) is 18.0. The molecule has 8 rings (SSSR count). The normalized spacial score (nSPS) is 13.8. The van der Waals surface area contributed by atoms with Crippen LogP contribution in [0.25, 0.3) is 11.1 Å². The van der Waals surface area contributed by atoms with Gasteiger partial charge in [0, 0.05) is 34.0 Å². The molecular formula is C48H51BN2Si. The van der Waals surface area contributed by atoms with Crippen molar-refractivity contribution in [1.82, 2.24) is 0 Å². The van der Waals surface area contributed by atoms with Gasteiger partial charge in [0.15, 0.2) is 0 Å². The first-order valence-electron chi connectivity index (χ1n) is 18.9. The molecule has 0 unspecified atom stereocenters. The Hall–Kier alpha value is -4.80. The highest BCUT2D eigenvalue weighted by molar-refractivity contribution is 7.01. The third kappa shape index (κ3) is 5.73. The lowest BCUT2D eigenvalue weighted by atomic mass is 9.33.